The molecule has 2 aromatic carbocycles. The van der Waals surface area contributed by atoms with Gasteiger partial charge in [0.05, 0.1) is 21.4 Å². The Balaban J connectivity index is 1.60. The maximum Gasteiger partial charge on any atom is 0.333 e. The van der Waals surface area contributed by atoms with Crippen molar-refractivity contribution in [2.24, 2.45) is 0 Å². The molecule has 2 amide bonds. The van der Waals surface area contributed by atoms with Crippen LogP contribution in [0.1, 0.15) is 26.3 Å². The lowest BCUT2D eigenvalue weighted by Gasteiger charge is -2.47. The van der Waals surface area contributed by atoms with Gasteiger partial charge in [-0.25, -0.2) is 4.79 Å². The van der Waals surface area contributed by atoms with Crippen LogP contribution in [0.15, 0.2) is 60.7 Å². The van der Waals surface area contributed by atoms with E-state index in [-0.39, 0.29) is 24.0 Å². The third-order valence-corrected chi connectivity index (χ3v) is 7.07. The molecule has 1 N–H and O–H groups in total. The molecule has 4 unspecified atom stereocenters. The number of esters is 1. The van der Waals surface area contributed by atoms with E-state index in [4.69, 9.17) is 24.9 Å². The molecule has 40 heavy (non-hydrogen) atoms. The highest BCUT2D eigenvalue weighted by Crippen LogP contribution is 2.33. The van der Waals surface area contributed by atoms with Gasteiger partial charge in [-0.15, -0.1) is 0 Å². The second-order valence-corrected chi connectivity index (χ2v) is 11.0. The highest BCUT2D eigenvalue weighted by molar-refractivity contribution is 8.14. The van der Waals surface area contributed by atoms with E-state index in [1.165, 1.54) is 31.2 Å². The van der Waals surface area contributed by atoms with Gasteiger partial charge in [-0.05, 0) is 68.3 Å². The van der Waals surface area contributed by atoms with Crippen molar-refractivity contribution < 1.29 is 38.1 Å². The number of ether oxygens (including phenoxy) is 3. The van der Waals surface area contributed by atoms with Gasteiger partial charge in [0.1, 0.15) is 18.1 Å². The number of carbonyl (C=O) groups excluding carboxylic acids is 3. The largest absolute Gasteiger partial charge is 0.597 e. The third-order valence-electron chi connectivity index (χ3n) is 5.65. The van der Waals surface area contributed by atoms with E-state index >= 15 is 0 Å². The van der Waals surface area contributed by atoms with Gasteiger partial charge in [0.25, 0.3) is 17.5 Å². The summed E-state index contributed by atoms with van der Waals surface area (Å²) in [6.07, 6.45) is -0.000983. The van der Waals surface area contributed by atoms with Crippen LogP contribution < -0.4 is 14.8 Å². The summed E-state index contributed by atoms with van der Waals surface area (Å²) >= 11 is 0. The topological polar surface area (TPSA) is 160 Å². The molecule has 0 spiro atoms. The standard InChI is InChI=1S/C26H28ClN3O9S/c1-15(2)23(26(33)38-13-17-5-7-18(8-6-17)30(34)35)29-24(32)22(25(29)40(27)36)28-21(31)14-37-19-9-11-20(12-10-19)39-16(3)4/h5-12,16,22-23,25H,1,13-14H2,2-4H3,(H,28,31). The molecule has 4 atom stereocenters. The fourth-order valence-electron chi connectivity index (χ4n) is 3.84. The molecule has 0 aliphatic carbocycles. The Labute approximate surface area is 238 Å². The van der Waals surface area contributed by atoms with Crippen molar-refractivity contribution in [1.29, 1.82) is 0 Å². The first kappa shape index (κ1) is 30.7. The molecule has 1 aliphatic rings. The number of amides is 2. The molecule has 2 aromatic rings. The molecule has 214 valence electrons. The summed E-state index contributed by atoms with van der Waals surface area (Å²) in [5, 5.41) is 12.0. The summed E-state index contributed by atoms with van der Waals surface area (Å²) in [6, 6.07) is 9.40. The summed E-state index contributed by atoms with van der Waals surface area (Å²) in [5.74, 6) is -1.21. The summed E-state index contributed by atoms with van der Waals surface area (Å²) in [5.41, 5.74) is 0.562. The molecule has 12 nitrogen and oxygen atoms in total. The summed E-state index contributed by atoms with van der Waals surface area (Å²) in [7, 11) is 3.68. The Bertz CT molecular complexity index is 1260. The molecule has 1 heterocycles. The normalized spacial score (nSPS) is 17.9. The molecule has 0 radical (unpaired) electrons. The van der Waals surface area contributed by atoms with Crippen molar-refractivity contribution in [3.05, 3.63) is 76.4 Å². The predicted molar refractivity (Wildman–Crippen MR) is 146 cm³/mol. The maximum atomic E-state index is 13.0. The number of likely N-dealkylation sites (tertiary alicyclic amines) is 1. The first-order valence-corrected chi connectivity index (χ1v) is 14.1. The molecule has 1 fully saturated rings. The minimum Gasteiger partial charge on any atom is -0.597 e. The van der Waals surface area contributed by atoms with Crippen LogP contribution in [0.4, 0.5) is 5.69 Å². The zero-order valence-electron chi connectivity index (χ0n) is 21.9. The van der Waals surface area contributed by atoms with Crippen LogP contribution in [0.3, 0.4) is 0 Å². The average molecular weight is 594 g/mol. The van der Waals surface area contributed by atoms with Gasteiger partial charge in [0.15, 0.2) is 29.4 Å². The van der Waals surface area contributed by atoms with Crippen molar-refractivity contribution >= 4 is 44.5 Å². The number of nitrogens with zero attached hydrogens (tertiary/aromatic N) is 2. The number of nitro groups is 1. The number of nitro benzene ring substituents is 1. The highest BCUT2D eigenvalue weighted by atomic mass is 35.7. The van der Waals surface area contributed by atoms with E-state index in [1.54, 1.807) is 24.3 Å². The highest BCUT2D eigenvalue weighted by Gasteiger charge is 2.60. The number of halogens is 1. The molecule has 1 saturated heterocycles. The monoisotopic (exact) mass is 593 g/mol. The zero-order chi connectivity index (χ0) is 29.6. The maximum absolute atomic E-state index is 13.0. The Morgan fingerprint density at radius 2 is 1.75 bits per heavy atom. The third kappa shape index (κ3) is 7.64. The lowest BCUT2D eigenvalue weighted by Crippen LogP contribution is -2.75. The van der Waals surface area contributed by atoms with E-state index in [0.29, 0.717) is 17.1 Å². The van der Waals surface area contributed by atoms with Crippen LogP contribution in [0.25, 0.3) is 0 Å². The first-order valence-electron chi connectivity index (χ1n) is 12.0. The summed E-state index contributed by atoms with van der Waals surface area (Å²) in [6.45, 7) is 8.33. The van der Waals surface area contributed by atoms with Gasteiger partial charge in [-0.3, -0.25) is 24.6 Å². The second kappa shape index (κ2) is 13.5. The van der Waals surface area contributed by atoms with E-state index in [0.717, 1.165) is 4.90 Å². The van der Waals surface area contributed by atoms with Crippen LogP contribution in [0, 0.1) is 10.1 Å². The Kier molecular flexibility index (Phi) is 10.4. The van der Waals surface area contributed by atoms with Gasteiger partial charge in [-0.2, -0.15) is 0 Å². The van der Waals surface area contributed by atoms with Gasteiger partial charge >= 0.3 is 5.97 Å². The molecule has 0 saturated carbocycles. The number of benzene rings is 2. The molecular weight excluding hydrogens is 566 g/mol. The number of non-ortho nitro benzene ring substituents is 1. The molecule has 0 bridgehead atoms. The molecule has 3 rings (SSSR count). The first-order chi connectivity index (χ1) is 18.9. The fraction of sp³-hybridized carbons (Fsp3) is 0.346. The number of hydrogen-bond donors (Lipinski definition) is 1. The number of β-lactam (4-membered cyclic amide) rings is 1. The Morgan fingerprint density at radius 3 is 2.27 bits per heavy atom. The predicted octanol–water partition coefficient (Wildman–Crippen LogP) is 3.00. The van der Waals surface area contributed by atoms with Gasteiger partial charge in [0.2, 0.25) is 5.37 Å². The van der Waals surface area contributed by atoms with Crippen LogP contribution >= 0.6 is 10.7 Å². The minimum atomic E-state index is -2.17. The fourth-order valence-corrected chi connectivity index (χ4v) is 5.21. The van der Waals surface area contributed by atoms with Crippen molar-refractivity contribution in [2.45, 2.75) is 50.9 Å². The second-order valence-electron chi connectivity index (χ2n) is 9.14. The number of carbonyl (C=O) groups is 3. The van der Waals surface area contributed by atoms with Gasteiger partial charge in [-0.1, -0.05) is 6.58 Å². The average Bonchev–Trinajstić information content (AvgIpc) is 2.89. The summed E-state index contributed by atoms with van der Waals surface area (Å²) in [4.78, 5) is 49.6. The molecule has 14 heteroatoms. The van der Waals surface area contributed by atoms with Crippen molar-refractivity contribution in [2.75, 3.05) is 6.61 Å². The van der Waals surface area contributed by atoms with Crippen molar-refractivity contribution in [1.82, 2.24) is 10.2 Å². The van der Waals surface area contributed by atoms with Crippen LogP contribution in [0.5, 0.6) is 11.5 Å². The summed E-state index contributed by atoms with van der Waals surface area (Å²) < 4.78 is 28.6. The van der Waals surface area contributed by atoms with Crippen molar-refractivity contribution in [3.8, 4) is 11.5 Å². The Morgan fingerprint density at radius 1 is 1.15 bits per heavy atom. The lowest BCUT2D eigenvalue weighted by atomic mass is 9.99. The lowest BCUT2D eigenvalue weighted by molar-refractivity contribution is -0.384. The zero-order valence-corrected chi connectivity index (χ0v) is 23.5. The van der Waals surface area contributed by atoms with E-state index < -0.39 is 57.2 Å². The van der Waals surface area contributed by atoms with Gasteiger partial charge in [0, 0.05) is 12.1 Å². The number of nitrogens with one attached hydrogen (secondary N) is 1. The smallest absolute Gasteiger partial charge is 0.333 e. The van der Waals surface area contributed by atoms with E-state index in [1.807, 2.05) is 13.8 Å². The molecule has 0 aromatic heterocycles. The molecule has 1 aliphatic heterocycles. The number of hydrogen-bond acceptors (Lipinski definition) is 9. The van der Waals surface area contributed by atoms with Crippen molar-refractivity contribution in [3.63, 3.8) is 0 Å². The van der Waals surface area contributed by atoms with Crippen LogP contribution in [0.2, 0.25) is 0 Å². The van der Waals surface area contributed by atoms with Crippen LogP contribution in [-0.4, -0.2) is 62.3 Å². The van der Waals surface area contributed by atoms with Crippen LogP contribution in [-0.2, 0) is 36.1 Å². The number of rotatable bonds is 13. The quantitative estimate of drug-likeness (QED) is 0.0919. The van der Waals surface area contributed by atoms with E-state index in [9.17, 15) is 29.1 Å². The molecular formula is C26H28ClN3O9S. The van der Waals surface area contributed by atoms with Gasteiger partial charge < -0.3 is 24.1 Å². The van der Waals surface area contributed by atoms with E-state index in [2.05, 4.69) is 11.9 Å². The Hall–Kier alpha value is -3.81. The SMILES string of the molecule is C=C(C)C(C(=O)OCc1ccc([N+](=O)[O-])cc1)N1C(=O)C(NC(=O)COc2ccc(OC(C)C)cc2)C1[S+]([O-])Cl. The minimum absolute atomic E-state index is 0.000983.